The van der Waals surface area contributed by atoms with Crippen molar-refractivity contribution in [2.45, 2.75) is 12.7 Å². The zero-order valence-electron chi connectivity index (χ0n) is 16.2. The predicted molar refractivity (Wildman–Crippen MR) is 107 cm³/mol. The van der Waals surface area contributed by atoms with Gasteiger partial charge in [0.2, 0.25) is 5.76 Å². The highest BCUT2D eigenvalue weighted by molar-refractivity contribution is 5.91. The van der Waals surface area contributed by atoms with Crippen LogP contribution >= 0.6 is 12.4 Å². The molecule has 1 aliphatic rings. The van der Waals surface area contributed by atoms with E-state index in [1.165, 1.54) is 29.1 Å². The molecule has 0 unspecified atom stereocenters. The molecule has 4 rings (SSSR count). The van der Waals surface area contributed by atoms with Gasteiger partial charge in [-0.15, -0.1) is 12.4 Å². The van der Waals surface area contributed by atoms with Crippen molar-refractivity contribution in [3.8, 4) is 0 Å². The van der Waals surface area contributed by atoms with E-state index in [1.54, 1.807) is 4.90 Å². The van der Waals surface area contributed by atoms with Gasteiger partial charge in [0.25, 0.3) is 11.5 Å². The third-order valence-corrected chi connectivity index (χ3v) is 5.08. The van der Waals surface area contributed by atoms with Crippen molar-refractivity contribution in [3.63, 3.8) is 0 Å². The van der Waals surface area contributed by atoms with Crippen molar-refractivity contribution in [2.75, 3.05) is 32.7 Å². The summed E-state index contributed by atoms with van der Waals surface area (Å²) in [6.07, 6.45) is -1.67. The summed E-state index contributed by atoms with van der Waals surface area (Å²) in [5.74, 6) is -0.00270. The number of halogens is 4. The Morgan fingerprint density at radius 3 is 2.45 bits per heavy atom. The topological polar surface area (TPSA) is 84.5 Å². The number of alkyl halides is 3. The minimum atomic E-state index is -4.56. The van der Waals surface area contributed by atoms with E-state index in [0.717, 1.165) is 12.1 Å². The second kappa shape index (κ2) is 9.06. The van der Waals surface area contributed by atoms with E-state index >= 15 is 0 Å². The van der Waals surface area contributed by atoms with Crippen LogP contribution in [0, 0.1) is 0 Å². The summed E-state index contributed by atoms with van der Waals surface area (Å²) in [5.41, 5.74) is -1.39. The van der Waals surface area contributed by atoms with Gasteiger partial charge in [0.15, 0.2) is 0 Å². The number of aromatic nitrogens is 3. The second-order valence-corrected chi connectivity index (χ2v) is 6.95. The molecular formula is C19H19ClF3N5O3. The Hall–Kier alpha value is -2.92. The summed E-state index contributed by atoms with van der Waals surface area (Å²) in [6, 6.07) is 4.92. The van der Waals surface area contributed by atoms with Gasteiger partial charge in [0.1, 0.15) is 5.69 Å². The highest BCUT2D eigenvalue weighted by Crippen LogP contribution is 2.28. The molecule has 3 aromatic rings. The first kappa shape index (κ1) is 22.8. The van der Waals surface area contributed by atoms with Crippen LogP contribution in [0.1, 0.15) is 16.2 Å². The molecule has 3 aromatic heterocycles. The monoisotopic (exact) mass is 457 g/mol. The molecule has 12 heteroatoms. The van der Waals surface area contributed by atoms with E-state index in [2.05, 4.69) is 15.0 Å². The average Bonchev–Trinajstić information content (AvgIpc) is 3.27. The molecule has 0 saturated carbocycles. The molecule has 1 fully saturated rings. The van der Waals surface area contributed by atoms with E-state index in [-0.39, 0.29) is 40.5 Å². The zero-order chi connectivity index (χ0) is 21.3. The first-order valence-electron chi connectivity index (χ1n) is 9.32. The molecule has 166 valence electrons. The maximum Gasteiger partial charge on any atom is 0.433 e. The SMILES string of the molecule is Cl.O=C(c1ccno1)N1CCN(CCn2ccc3nc(C(F)(F)F)ccc3c2=O)CC1. The van der Waals surface area contributed by atoms with Gasteiger partial charge in [-0.2, -0.15) is 13.2 Å². The van der Waals surface area contributed by atoms with Crippen LogP contribution in [-0.4, -0.2) is 63.1 Å². The molecule has 1 saturated heterocycles. The molecule has 8 nitrogen and oxygen atoms in total. The third kappa shape index (κ3) is 4.88. The van der Waals surface area contributed by atoms with Crippen LogP contribution in [0.2, 0.25) is 0 Å². The van der Waals surface area contributed by atoms with Crippen molar-refractivity contribution in [1.82, 2.24) is 24.5 Å². The van der Waals surface area contributed by atoms with Gasteiger partial charge in [0, 0.05) is 51.5 Å². The van der Waals surface area contributed by atoms with Crippen LogP contribution in [-0.2, 0) is 12.7 Å². The lowest BCUT2D eigenvalue weighted by Crippen LogP contribution is -2.49. The number of fused-ring (bicyclic) bond motifs is 1. The maximum absolute atomic E-state index is 12.8. The van der Waals surface area contributed by atoms with Crippen LogP contribution in [0.3, 0.4) is 0 Å². The van der Waals surface area contributed by atoms with Crippen molar-refractivity contribution in [2.24, 2.45) is 0 Å². The van der Waals surface area contributed by atoms with E-state index in [0.29, 0.717) is 39.3 Å². The minimum absolute atomic E-state index is 0. The summed E-state index contributed by atoms with van der Waals surface area (Å²) in [4.78, 5) is 32.2. The van der Waals surface area contributed by atoms with E-state index in [4.69, 9.17) is 4.52 Å². The fourth-order valence-electron chi connectivity index (χ4n) is 3.41. The number of carbonyl (C=O) groups excluding carboxylic acids is 1. The predicted octanol–water partition coefficient (Wildman–Crippen LogP) is 2.28. The van der Waals surface area contributed by atoms with E-state index < -0.39 is 11.9 Å². The largest absolute Gasteiger partial charge is 0.433 e. The molecule has 0 spiro atoms. The number of nitrogens with zero attached hydrogens (tertiary/aromatic N) is 5. The Bertz CT molecular complexity index is 1110. The molecule has 31 heavy (non-hydrogen) atoms. The molecular weight excluding hydrogens is 439 g/mol. The summed E-state index contributed by atoms with van der Waals surface area (Å²) < 4.78 is 44.7. The Morgan fingerprint density at radius 1 is 1.06 bits per heavy atom. The van der Waals surface area contributed by atoms with Gasteiger partial charge in [-0.3, -0.25) is 14.5 Å². The average molecular weight is 458 g/mol. The molecule has 0 bridgehead atoms. The minimum Gasteiger partial charge on any atom is -0.351 e. The van der Waals surface area contributed by atoms with Crippen LogP contribution < -0.4 is 5.56 Å². The number of amides is 1. The first-order chi connectivity index (χ1) is 14.3. The van der Waals surface area contributed by atoms with Crippen molar-refractivity contribution >= 4 is 29.2 Å². The molecule has 0 atom stereocenters. The van der Waals surface area contributed by atoms with Gasteiger partial charge in [-0.05, 0) is 18.2 Å². The Kier molecular flexibility index (Phi) is 6.65. The summed E-state index contributed by atoms with van der Waals surface area (Å²) in [7, 11) is 0. The molecule has 0 N–H and O–H groups in total. The van der Waals surface area contributed by atoms with Gasteiger partial charge < -0.3 is 14.0 Å². The van der Waals surface area contributed by atoms with E-state index in [9.17, 15) is 22.8 Å². The summed E-state index contributed by atoms with van der Waals surface area (Å²) >= 11 is 0. The maximum atomic E-state index is 12.8. The van der Waals surface area contributed by atoms with Gasteiger partial charge >= 0.3 is 6.18 Å². The Balaban J connectivity index is 0.00000272. The number of hydrogen-bond donors (Lipinski definition) is 0. The van der Waals surface area contributed by atoms with Gasteiger partial charge in [-0.25, -0.2) is 4.98 Å². The van der Waals surface area contributed by atoms with Crippen LogP contribution in [0.15, 0.2) is 46.0 Å². The van der Waals surface area contributed by atoms with Gasteiger partial charge in [0.05, 0.1) is 17.1 Å². The fraction of sp³-hybridized carbons (Fsp3) is 0.368. The van der Waals surface area contributed by atoms with Gasteiger partial charge in [-0.1, -0.05) is 5.16 Å². The molecule has 0 radical (unpaired) electrons. The lowest BCUT2D eigenvalue weighted by Gasteiger charge is -2.34. The smallest absolute Gasteiger partial charge is 0.351 e. The van der Waals surface area contributed by atoms with Crippen molar-refractivity contribution in [3.05, 3.63) is 58.5 Å². The molecule has 1 aliphatic heterocycles. The van der Waals surface area contributed by atoms with Crippen LogP contribution in [0.4, 0.5) is 13.2 Å². The highest BCUT2D eigenvalue weighted by Gasteiger charge is 2.32. The van der Waals surface area contributed by atoms with Crippen molar-refractivity contribution in [1.29, 1.82) is 0 Å². The lowest BCUT2D eigenvalue weighted by atomic mass is 10.2. The zero-order valence-corrected chi connectivity index (χ0v) is 17.0. The molecule has 0 aliphatic carbocycles. The van der Waals surface area contributed by atoms with Crippen LogP contribution in [0.5, 0.6) is 0 Å². The number of carbonyl (C=O) groups is 1. The second-order valence-electron chi connectivity index (χ2n) is 6.95. The molecule has 4 heterocycles. The van der Waals surface area contributed by atoms with Crippen molar-refractivity contribution < 1.29 is 22.5 Å². The fourth-order valence-corrected chi connectivity index (χ4v) is 3.41. The Labute approximate surface area is 180 Å². The first-order valence-corrected chi connectivity index (χ1v) is 9.32. The molecule has 0 aromatic carbocycles. The normalized spacial score (nSPS) is 15.1. The number of piperazine rings is 1. The molecule has 1 amide bonds. The lowest BCUT2D eigenvalue weighted by molar-refractivity contribution is -0.140. The number of pyridine rings is 2. The highest BCUT2D eigenvalue weighted by atomic mass is 35.5. The third-order valence-electron chi connectivity index (χ3n) is 5.08. The Morgan fingerprint density at radius 2 is 1.81 bits per heavy atom. The number of rotatable bonds is 4. The standard InChI is InChI=1S/C19H18F3N5O3.ClH/c20-19(21,22)16-2-1-13-14(24-16)4-6-26(17(13)28)10-7-25-8-11-27(12-9-25)18(29)15-3-5-23-30-15;/h1-6H,7-12H2;1H. The quantitative estimate of drug-likeness (QED) is 0.597. The van der Waals surface area contributed by atoms with E-state index in [1.807, 2.05) is 0 Å². The summed E-state index contributed by atoms with van der Waals surface area (Å²) in [6.45, 7) is 3.28. The number of hydrogen-bond acceptors (Lipinski definition) is 6. The summed E-state index contributed by atoms with van der Waals surface area (Å²) in [5, 5.41) is 3.68. The van der Waals surface area contributed by atoms with Crippen LogP contribution in [0.25, 0.3) is 10.9 Å².